The second-order valence-electron chi connectivity index (χ2n) is 7.63. The monoisotopic (exact) mass is 388 g/mol. The lowest BCUT2D eigenvalue weighted by Gasteiger charge is -2.31. The molecule has 8 nitrogen and oxygen atoms in total. The van der Waals surface area contributed by atoms with Crippen molar-refractivity contribution < 1.29 is 0 Å². The molecule has 3 aromatic rings. The minimum absolute atomic E-state index is 0.00174. The van der Waals surface area contributed by atoms with Gasteiger partial charge in [-0.2, -0.15) is 5.10 Å². The van der Waals surface area contributed by atoms with Gasteiger partial charge in [0.15, 0.2) is 5.82 Å². The summed E-state index contributed by atoms with van der Waals surface area (Å²) < 4.78 is 1.88. The van der Waals surface area contributed by atoms with Gasteiger partial charge in [0, 0.05) is 56.4 Å². The molecule has 0 aliphatic carbocycles. The topological polar surface area (TPSA) is 88.5 Å². The van der Waals surface area contributed by atoms with Gasteiger partial charge in [-0.3, -0.25) is 9.98 Å². The summed E-state index contributed by atoms with van der Waals surface area (Å²) in [7, 11) is 2.02. The van der Waals surface area contributed by atoms with E-state index in [1.54, 1.807) is 6.20 Å². The molecule has 0 bridgehead atoms. The van der Waals surface area contributed by atoms with Gasteiger partial charge >= 0.3 is 0 Å². The normalized spacial score (nSPS) is 21.9. The van der Waals surface area contributed by atoms with Crippen molar-refractivity contribution >= 4 is 22.9 Å². The van der Waals surface area contributed by atoms with Crippen molar-refractivity contribution in [2.24, 2.45) is 10.7 Å². The number of nitrogens with two attached hydrogens (primary N) is 1. The van der Waals surface area contributed by atoms with E-state index in [0.29, 0.717) is 0 Å². The highest BCUT2D eigenvalue weighted by Crippen LogP contribution is 2.25. The molecule has 1 unspecified atom stereocenters. The van der Waals surface area contributed by atoms with Gasteiger partial charge in [0.05, 0.1) is 17.4 Å². The van der Waals surface area contributed by atoms with Gasteiger partial charge in [-0.1, -0.05) is 6.07 Å². The van der Waals surface area contributed by atoms with Crippen LogP contribution in [0.5, 0.6) is 0 Å². The number of hydrogen-bond acceptors (Lipinski definition) is 7. The number of fused-ring (bicyclic) bond motifs is 1. The van der Waals surface area contributed by atoms with E-state index in [9.17, 15) is 0 Å². The summed E-state index contributed by atoms with van der Waals surface area (Å²) in [6.45, 7) is 1.82. The van der Waals surface area contributed by atoms with Gasteiger partial charge in [0.1, 0.15) is 11.9 Å². The summed E-state index contributed by atoms with van der Waals surface area (Å²) in [5, 5.41) is 5.56. The van der Waals surface area contributed by atoms with E-state index in [1.807, 2.05) is 54.7 Å². The van der Waals surface area contributed by atoms with Crippen LogP contribution in [0.4, 0.5) is 5.82 Å². The molecule has 2 atom stereocenters. The third kappa shape index (κ3) is 3.36. The molecule has 148 valence electrons. The summed E-state index contributed by atoms with van der Waals surface area (Å²) in [4.78, 5) is 18.1. The Balaban J connectivity index is 1.52. The van der Waals surface area contributed by atoms with Crippen molar-refractivity contribution in [3.63, 3.8) is 0 Å². The average Bonchev–Trinajstić information content (AvgIpc) is 3.17. The van der Waals surface area contributed by atoms with Crippen LogP contribution in [0.3, 0.4) is 0 Å². The Morgan fingerprint density at radius 1 is 1.17 bits per heavy atom. The van der Waals surface area contributed by atoms with Crippen molar-refractivity contribution in [2.75, 3.05) is 25.0 Å². The molecule has 5 heterocycles. The zero-order chi connectivity index (χ0) is 19.8. The zero-order valence-corrected chi connectivity index (χ0v) is 16.4. The average molecular weight is 388 g/mol. The van der Waals surface area contributed by atoms with E-state index in [2.05, 4.69) is 30.9 Å². The van der Waals surface area contributed by atoms with Gasteiger partial charge < -0.3 is 15.5 Å². The fourth-order valence-electron chi connectivity index (χ4n) is 3.96. The number of piperidine rings is 1. The van der Waals surface area contributed by atoms with Crippen LogP contribution in [-0.2, 0) is 0 Å². The van der Waals surface area contributed by atoms with Crippen molar-refractivity contribution in [3.05, 3.63) is 54.8 Å². The molecule has 3 aromatic heterocycles. The first-order chi connectivity index (χ1) is 14.2. The van der Waals surface area contributed by atoms with Gasteiger partial charge in [0.2, 0.25) is 0 Å². The molecule has 2 aliphatic heterocycles. The number of anilines is 1. The Labute approximate surface area is 169 Å². The van der Waals surface area contributed by atoms with E-state index in [1.165, 1.54) is 0 Å². The van der Waals surface area contributed by atoms with Crippen molar-refractivity contribution in [1.29, 1.82) is 0 Å². The lowest BCUT2D eigenvalue weighted by Crippen LogP contribution is -2.43. The Morgan fingerprint density at radius 3 is 2.93 bits per heavy atom. The molecule has 2 aliphatic rings. The maximum absolute atomic E-state index is 6.15. The SMILES string of the molecule is CN1C=CN=CC1c1cc2c(cn1)cnn2-c1cccc(N2CCC[C@H](N)C2)n1. The molecule has 0 radical (unpaired) electrons. The second-order valence-corrected chi connectivity index (χ2v) is 7.63. The molecular weight excluding hydrogens is 364 g/mol. The van der Waals surface area contributed by atoms with Gasteiger partial charge in [-0.25, -0.2) is 9.67 Å². The molecule has 2 N–H and O–H groups in total. The number of pyridine rings is 2. The Kier molecular flexibility index (Phi) is 4.48. The molecule has 29 heavy (non-hydrogen) atoms. The van der Waals surface area contributed by atoms with Crippen LogP contribution in [0.15, 0.2) is 54.1 Å². The van der Waals surface area contributed by atoms with E-state index in [4.69, 9.17) is 10.7 Å². The van der Waals surface area contributed by atoms with Crippen LogP contribution >= 0.6 is 0 Å². The lowest BCUT2D eigenvalue weighted by atomic mass is 10.1. The number of aliphatic imine (C=N–C) groups is 1. The first-order valence-corrected chi connectivity index (χ1v) is 9.92. The van der Waals surface area contributed by atoms with Crippen molar-refractivity contribution in [1.82, 2.24) is 24.6 Å². The van der Waals surface area contributed by atoms with Crippen molar-refractivity contribution in [3.8, 4) is 5.82 Å². The summed E-state index contributed by atoms with van der Waals surface area (Å²) >= 11 is 0. The number of aromatic nitrogens is 4. The van der Waals surface area contributed by atoms with Crippen LogP contribution < -0.4 is 10.6 Å². The van der Waals surface area contributed by atoms with E-state index in [0.717, 1.165) is 54.2 Å². The van der Waals surface area contributed by atoms with Crippen LogP contribution in [-0.4, -0.2) is 57.0 Å². The molecule has 0 spiro atoms. The smallest absolute Gasteiger partial charge is 0.156 e. The van der Waals surface area contributed by atoms with Crippen LogP contribution in [0, 0.1) is 0 Å². The highest BCUT2D eigenvalue weighted by atomic mass is 15.3. The highest BCUT2D eigenvalue weighted by molar-refractivity contribution is 5.81. The number of rotatable bonds is 3. The molecule has 5 rings (SSSR count). The maximum atomic E-state index is 6.15. The molecule has 1 fully saturated rings. The summed E-state index contributed by atoms with van der Waals surface area (Å²) in [5.74, 6) is 1.74. The minimum atomic E-state index is 0.00174. The first-order valence-electron chi connectivity index (χ1n) is 9.92. The summed E-state index contributed by atoms with van der Waals surface area (Å²) in [5.41, 5.74) is 8.06. The third-order valence-corrected chi connectivity index (χ3v) is 5.55. The second kappa shape index (κ2) is 7.29. The Morgan fingerprint density at radius 2 is 2.07 bits per heavy atom. The lowest BCUT2D eigenvalue weighted by molar-refractivity contribution is 0.407. The first kappa shape index (κ1) is 17.8. The van der Waals surface area contributed by atoms with Crippen LogP contribution in [0.2, 0.25) is 0 Å². The quantitative estimate of drug-likeness (QED) is 0.740. The van der Waals surface area contributed by atoms with E-state index >= 15 is 0 Å². The predicted molar refractivity (Wildman–Crippen MR) is 114 cm³/mol. The van der Waals surface area contributed by atoms with Crippen LogP contribution in [0.1, 0.15) is 24.6 Å². The fourth-order valence-corrected chi connectivity index (χ4v) is 3.96. The standard InChI is InChI=1S/C21H24N8/c1-27-9-7-23-13-19(27)17-10-18-15(11-24-17)12-25-29(18)21-6-2-5-20(26-21)28-8-3-4-16(22)14-28/h2,5-7,9-13,16,19H,3-4,8,14,22H2,1H3/t16-,19?/m0/s1. The third-order valence-electron chi connectivity index (χ3n) is 5.55. The molecule has 8 heteroatoms. The highest BCUT2D eigenvalue weighted by Gasteiger charge is 2.20. The van der Waals surface area contributed by atoms with E-state index < -0.39 is 0 Å². The van der Waals surface area contributed by atoms with Crippen molar-refractivity contribution in [2.45, 2.75) is 24.9 Å². The summed E-state index contributed by atoms with van der Waals surface area (Å²) in [6.07, 6.45) is 11.5. The summed E-state index contributed by atoms with van der Waals surface area (Å²) in [6, 6.07) is 8.33. The van der Waals surface area contributed by atoms with Gasteiger partial charge in [0.25, 0.3) is 0 Å². The molecule has 0 saturated carbocycles. The minimum Gasteiger partial charge on any atom is -0.366 e. The predicted octanol–water partition coefficient (Wildman–Crippen LogP) is 2.27. The van der Waals surface area contributed by atoms with Gasteiger partial charge in [-0.15, -0.1) is 0 Å². The Hall–Kier alpha value is -3.26. The molecule has 0 aromatic carbocycles. The fraction of sp³-hybridized carbons (Fsp3) is 0.333. The van der Waals surface area contributed by atoms with Gasteiger partial charge in [-0.05, 0) is 31.0 Å². The maximum Gasteiger partial charge on any atom is 0.156 e. The largest absolute Gasteiger partial charge is 0.366 e. The number of hydrogen-bond donors (Lipinski definition) is 1. The molecule has 1 saturated heterocycles. The molecular formula is C21H24N8. The zero-order valence-electron chi connectivity index (χ0n) is 16.4. The Bertz CT molecular complexity index is 1090. The van der Waals surface area contributed by atoms with E-state index in [-0.39, 0.29) is 12.1 Å². The number of nitrogens with zero attached hydrogens (tertiary/aromatic N) is 7. The molecule has 0 amide bonds. The van der Waals surface area contributed by atoms with Crippen LogP contribution in [0.25, 0.3) is 16.7 Å².